The van der Waals surface area contributed by atoms with E-state index in [0.29, 0.717) is 17.9 Å². The molecule has 7 nitrogen and oxygen atoms in total. The van der Waals surface area contributed by atoms with Crippen molar-refractivity contribution in [3.63, 3.8) is 0 Å². The first-order chi connectivity index (χ1) is 9.52. The third kappa shape index (κ3) is 2.77. The fourth-order valence-electron chi connectivity index (χ4n) is 1.99. The molecular weight excluding hydrogens is 256 g/mol. The van der Waals surface area contributed by atoms with Crippen LogP contribution in [-0.2, 0) is 13.6 Å². The topological polar surface area (TPSA) is 97.9 Å². The second-order valence-electron chi connectivity index (χ2n) is 4.53. The summed E-state index contributed by atoms with van der Waals surface area (Å²) in [5, 5.41) is 7.19. The van der Waals surface area contributed by atoms with E-state index in [1.807, 2.05) is 20.9 Å². The predicted molar refractivity (Wildman–Crippen MR) is 75.9 cm³/mol. The molecule has 0 unspecified atom stereocenters. The van der Waals surface area contributed by atoms with Crippen molar-refractivity contribution >= 4 is 11.7 Å². The lowest BCUT2D eigenvalue weighted by molar-refractivity contribution is 0.0951. The number of nitrogens with zero attached hydrogens (tertiary/aromatic N) is 3. The van der Waals surface area contributed by atoms with Crippen molar-refractivity contribution in [2.75, 3.05) is 5.43 Å². The first-order valence-corrected chi connectivity index (χ1v) is 6.23. The second-order valence-corrected chi connectivity index (χ2v) is 4.53. The molecule has 0 aromatic carbocycles. The van der Waals surface area contributed by atoms with Crippen molar-refractivity contribution in [2.24, 2.45) is 12.9 Å². The highest BCUT2D eigenvalue weighted by atomic mass is 16.1. The Bertz CT molecular complexity index is 634. The van der Waals surface area contributed by atoms with Gasteiger partial charge in [-0.2, -0.15) is 5.10 Å². The summed E-state index contributed by atoms with van der Waals surface area (Å²) in [4.78, 5) is 16.0. The molecule has 7 heteroatoms. The highest BCUT2D eigenvalue weighted by Crippen LogP contribution is 2.12. The molecule has 2 rings (SSSR count). The Kier molecular flexibility index (Phi) is 3.99. The quantitative estimate of drug-likeness (QED) is 0.561. The zero-order valence-corrected chi connectivity index (χ0v) is 11.8. The smallest absolute Gasteiger partial charge is 0.251 e. The number of carbonyl (C=O) groups is 1. The SMILES string of the molecule is Cc1nn(C)c(C)c1CNC(=O)c1ccnc(NN)c1. The average molecular weight is 274 g/mol. The number of amides is 1. The minimum absolute atomic E-state index is 0.174. The van der Waals surface area contributed by atoms with Gasteiger partial charge in [0.05, 0.1) is 5.69 Å². The third-order valence-corrected chi connectivity index (χ3v) is 3.25. The van der Waals surface area contributed by atoms with E-state index >= 15 is 0 Å². The van der Waals surface area contributed by atoms with Gasteiger partial charge in [0.25, 0.3) is 5.91 Å². The summed E-state index contributed by atoms with van der Waals surface area (Å²) in [7, 11) is 1.88. The molecule has 0 aliphatic heterocycles. The Morgan fingerprint density at radius 2 is 2.20 bits per heavy atom. The van der Waals surface area contributed by atoms with E-state index in [2.05, 4.69) is 20.8 Å². The van der Waals surface area contributed by atoms with Crippen LogP contribution >= 0.6 is 0 Å². The van der Waals surface area contributed by atoms with Crippen molar-refractivity contribution in [1.29, 1.82) is 0 Å². The lowest BCUT2D eigenvalue weighted by atomic mass is 10.2. The molecule has 0 atom stereocenters. The summed E-state index contributed by atoms with van der Waals surface area (Å²) >= 11 is 0. The van der Waals surface area contributed by atoms with Crippen molar-refractivity contribution in [3.8, 4) is 0 Å². The van der Waals surface area contributed by atoms with Crippen LogP contribution in [0.25, 0.3) is 0 Å². The monoisotopic (exact) mass is 274 g/mol. The number of nitrogens with two attached hydrogens (primary N) is 1. The van der Waals surface area contributed by atoms with E-state index in [0.717, 1.165) is 17.0 Å². The second kappa shape index (κ2) is 5.70. The van der Waals surface area contributed by atoms with Crippen molar-refractivity contribution in [3.05, 3.63) is 40.8 Å². The molecule has 0 radical (unpaired) electrons. The van der Waals surface area contributed by atoms with Crippen LogP contribution in [0.3, 0.4) is 0 Å². The highest BCUT2D eigenvalue weighted by Gasteiger charge is 2.12. The molecule has 20 heavy (non-hydrogen) atoms. The van der Waals surface area contributed by atoms with Crippen LogP contribution in [0.5, 0.6) is 0 Å². The number of hydrogen-bond acceptors (Lipinski definition) is 5. The van der Waals surface area contributed by atoms with Crippen LogP contribution in [-0.4, -0.2) is 20.7 Å². The maximum Gasteiger partial charge on any atom is 0.251 e. The van der Waals surface area contributed by atoms with E-state index < -0.39 is 0 Å². The molecule has 0 bridgehead atoms. The van der Waals surface area contributed by atoms with Crippen LogP contribution in [0.4, 0.5) is 5.82 Å². The van der Waals surface area contributed by atoms with Gasteiger partial charge in [0.15, 0.2) is 0 Å². The molecule has 2 heterocycles. The Labute approximate surface area is 117 Å². The molecule has 2 aromatic heterocycles. The Hall–Kier alpha value is -2.41. The van der Waals surface area contributed by atoms with Gasteiger partial charge in [0.2, 0.25) is 0 Å². The van der Waals surface area contributed by atoms with Crippen LogP contribution in [0.15, 0.2) is 18.3 Å². The van der Waals surface area contributed by atoms with Gasteiger partial charge in [-0.05, 0) is 26.0 Å². The number of rotatable bonds is 4. The molecule has 0 spiro atoms. The molecule has 1 amide bonds. The van der Waals surface area contributed by atoms with Crippen molar-refractivity contribution in [2.45, 2.75) is 20.4 Å². The molecule has 0 aliphatic rings. The van der Waals surface area contributed by atoms with Gasteiger partial charge in [-0.15, -0.1) is 0 Å². The first-order valence-electron chi connectivity index (χ1n) is 6.23. The molecule has 4 N–H and O–H groups in total. The van der Waals surface area contributed by atoms with Crippen LogP contribution in [0.2, 0.25) is 0 Å². The van der Waals surface area contributed by atoms with E-state index in [9.17, 15) is 4.79 Å². The zero-order valence-electron chi connectivity index (χ0n) is 11.8. The number of pyridine rings is 1. The fraction of sp³-hybridized carbons (Fsp3) is 0.308. The largest absolute Gasteiger partial charge is 0.348 e. The standard InChI is InChI=1S/C13H18N6O/c1-8-11(9(2)19(3)18-8)7-16-13(20)10-4-5-15-12(6-10)17-14/h4-6H,7,14H2,1-3H3,(H,15,17)(H,16,20). The van der Waals surface area contributed by atoms with E-state index in [1.165, 1.54) is 6.20 Å². The molecule has 2 aromatic rings. The van der Waals surface area contributed by atoms with Gasteiger partial charge in [0, 0.05) is 36.6 Å². The minimum Gasteiger partial charge on any atom is -0.348 e. The molecule has 0 aliphatic carbocycles. The maximum atomic E-state index is 12.1. The number of carbonyl (C=O) groups excluding carboxylic acids is 1. The van der Waals surface area contributed by atoms with Crippen LogP contribution < -0.4 is 16.6 Å². The Morgan fingerprint density at radius 1 is 1.45 bits per heavy atom. The number of anilines is 1. The lowest BCUT2D eigenvalue weighted by Gasteiger charge is -2.07. The van der Waals surface area contributed by atoms with Gasteiger partial charge in [-0.3, -0.25) is 9.48 Å². The third-order valence-electron chi connectivity index (χ3n) is 3.25. The van der Waals surface area contributed by atoms with Crippen molar-refractivity contribution < 1.29 is 4.79 Å². The van der Waals surface area contributed by atoms with Gasteiger partial charge in [-0.1, -0.05) is 0 Å². The summed E-state index contributed by atoms with van der Waals surface area (Å²) in [6.07, 6.45) is 1.53. The maximum absolute atomic E-state index is 12.1. The summed E-state index contributed by atoms with van der Waals surface area (Å²) in [6.45, 7) is 4.35. The summed E-state index contributed by atoms with van der Waals surface area (Å²) < 4.78 is 1.81. The minimum atomic E-state index is -0.174. The van der Waals surface area contributed by atoms with E-state index in [1.54, 1.807) is 16.8 Å². The lowest BCUT2D eigenvalue weighted by Crippen LogP contribution is -2.23. The number of nitrogens with one attached hydrogen (secondary N) is 2. The number of hydrogen-bond donors (Lipinski definition) is 3. The van der Waals surface area contributed by atoms with Gasteiger partial charge >= 0.3 is 0 Å². The Balaban J connectivity index is 2.08. The zero-order chi connectivity index (χ0) is 14.7. The van der Waals surface area contributed by atoms with Crippen LogP contribution in [0, 0.1) is 13.8 Å². The Morgan fingerprint density at radius 3 is 2.80 bits per heavy atom. The summed E-state index contributed by atoms with van der Waals surface area (Å²) in [5.74, 6) is 5.55. The van der Waals surface area contributed by atoms with Gasteiger partial charge < -0.3 is 10.7 Å². The van der Waals surface area contributed by atoms with E-state index in [-0.39, 0.29) is 5.91 Å². The molecule has 0 fully saturated rings. The van der Waals surface area contributed by atoms with Crippen molar-refractivity contribution in [1.82, 2.24) is 20.1 Å². The number of nitrogen functional groups attached to an aromatic ring is 1. The molecule has 106 valence electrons. The average Bonchev–Trinajstić information content (AvgIpc) is 2.70. The predicted octanol–water partition coefficient (Wildman–Crippen LogP) is 0.648. The number of aryl methyl sites for hydroxylation is 2. The molecular formula is C13H18N6O. The summed E-state index contributed by atoms with van der Waals surface area (Å²) in [6, 6.07) is 3.23. The highest BCUT2D eigenvalue weighted by molar-refractivity contribution is 5.94. The first kappa shape index (κ1) is 14.0. The van der Waals surface area contributed by atoms with Crippen LogP contribution in [0.1, 0.15) is 27.3 Å². The summed E-state index contributed by atoms with van der Waals surface area (Å²) in [5.41, 5.74) is 5.92. The fourth-order valence-corrected chi connectivity index (χ4v) is 1.99. The number of hydrazine groups is 1. The molecule has 0 saturated carbocycles. The normalized spacial score (nSPS) is 10.4. The van der Waals surface area contributed by atoms with Gasteiger partial charge in [0.1, 0.15) is 5.82 Å². The number of aromatic nitrogens is 3. The van der Waals surface area contributed by atoms with E-state index in [4.69, 9.17) is 5.84 Å². The molecule has 0 saturated heterocycles. The van der Waals surface area contributed by atoms with Gasteiger partial charge in [-0.25, -0.2) is 10.8 Å².